The smallest absolute Gasteiger partial charge is 0.310 e. The molecule has 0 unspecified atom stereocenters. The van der Waals surface area contributed by atoms with Crippen molar-refractivity contribution in [2.24, 2.45) is 0 Å². The quantitative estimate of drug-likeness (QED) is 0.367. The lowest BCUT2D eigenvalue weighted by atomic mass is 10.3. The van der Waals surface area contributed by atoms with E-state index < -0.39 is 0 Å². The molecule has 0 aromatic heterocycles. The van der Waals surface area contributed by atoms with Gasteiger partial charge in [0.2, 0.25) is 0 Å². The summed E-state index contributed by atoms with van der Waals surface area (Å²) in [5, 5.41) is 7.51. The maximum atomic E-state index is 10.3. The lowest BCUT2D eigenvalue weighted by Gasteiger charge is -1.92. The van der Waals surface area contributed by atoms with Gasteiger partial charge in [-0.3, -0.25) is 4.79 Å². The van der Waals surface area contributed by atoms with E-state index in [-0.39, 0.29) is 5.97 Å². The molecule has 3 heteroatoms. The van der Waals surface area contributed by atoms with Crippen LogP contribution in [0, 0.1) is 11.3 Å². The van der Waals surface area contributed by atoms with Gasteiger partial charge < -0.3 is 4.74 Å². The lowest BCUT2D eigenvalue weighted by molar-refractivity contribution is -0.137. The van der Waals surface area contributed by atoms with Crippen molar-refractivity contribution in [3.63, 3.8) is 0 Å². The molecule has 0 atom stereocenters. The van der Waals surface area contributed by atoms with E-state index in [2.05, 4.69) is 17.9 Å². The van der Waals surface area contributed by atoms with Crippen LogP contribution < -0.4 is 0 Å². The normalized spacial score (nSPS) is 6.67. The number of allylic oxidation sites excluding steroid dienone is 1. The van der Waals surface area contributed by atoms with E-state index in [0.29, 0.717) is 6.42 Å². The zero-order chi connectivity index (χ0) is 9.82. The molecule has 12 heavy (non-hydrogen) atoms. The van der Waals surface area contributed by atoms with Crippen molar-refractivity contribution in [3.05, 3.63) is 25.5 Å². The highest BCUT2D eigenvalue weighted by molar-refractivity contribution is 5.69. The minimum absolute atomic E-state index is 0.206. The van der Waals surface area contributed by atoms with E-state index in [1.54, 1.807) is 6.07 Å². The van der Waals surface area contributed by atoms with Crippen LogP contribution in [0.25, 0.3) is 0 Å². The molecule has 0 bridgehead atoms. The number of hydrogen-bond acceptors (Lipinski definition) is 3. The first-order chi connectivity index (χ1) is 5.72. The van der Waals surface area contributed by atoms with E-state index in [9.17, 15) is 4.79 Å². The van der Waals surface area contributed by atoms with Gasteiger partial charge in [-0.15, -0.1) is 0 Å². The second-order valence-corrected chi connectivity index (χ2v) is 1.74. The summed E-state index contributed by atoms with van der Waals surface area (Å²) in [7, 11) is 0. The van der Waals surface area contributed by atoms with Crippen LogP contribution in [0.15, 0.2) is 25.5 Å². The summed E-state index contributed by atoms with van der Waals surface area (Å²) < 4.78 is 4.41. The van der Waals surface area contributed by atoms with E-state index in [1.165, 1.54) is 6.08 Å². The van der Waals surface area contributed by atoms with Crippen LogP contribution in [0.1, 0.15) is 19.8 Å². The minimum atomic E-state index is -0.206. The Labute approximate surface area is 73.0 Å². The molecule has 3 nitrogen and oxygen atoms in total. The summed E-state index contributed by atoms with van der Waals surface area (Å²) in [6.45, 7) is 8.28. The summed E-state index contributed by atoms with van der Waals surface area (Å²) in [4.78, 5) is 10.3. The highest BCUT2D eigenvalue weighted by Gasteiger charge is 1.94. The molecule has 0 aromatic rings. The van der Waals surface area contributed by atoms with Gasteiger partial charge in [0.25, 0.3) is 0 Å². The van der Waals surface area contributed by atoms with Gasteiger partial charge in [0.05, 0.1) is 12.3 Å². The Morgan fingerprint density at radius 1 is 1.67 bits per heavy atom. The van der Waals surface area contributed by atoms with Gasteiger partial charge in [-0.2, -0.15) is 5.26 Å². The number of esters is 1. The number of rotatable bonds is 3. The summed E-state index contributed by atoms with van der Waals surface area (Å²) >= 11 is 0. The van der Waals surface area contributed by atoms with Crippen molar-refractivity contribution < 1.29 is 9.53 Å². The van der Waals surface area contributed by atoms with Crippen molar-refractivity contribution in [3.8, 4) is 6.07 Å². The second kappa shape index (κ2) is 12.1. The first-order valence-electron chi connectivity index (χ1n) is 3.53. The van der Waals surface area contributed by atoms with Crippen molar-refractivity contribution in [2.75, 3.05) is 0 Å². The Morgan fingerprint density at radius 2 is 2.17 bits per heavy atom. The van der Waals surface area contributed by atoms with Crippen LogP contribution in [0.3, 0.4) is 0 Å². The molecule has 0 fully saturated rings. The number of carbonyl (C=O) groups excluding carboxylic acids is 1. The van der Waals surface area contributed by atoms with E-state index in [0.717, 1.165) is 12.7 Å². The van der Waals surface area contributed by atoms with Crippen LogP contribution in [-0.2, 0) is 9.53 Å². The molecule has 0 radical (unpaired) electrons. The van der Waals surface area contributed by atoms with Crippen molar-refractivity contribution >= 4 is 5.97 Å². The predicted octanol–water partition coefficient (Wildman–Crippen LogP) is 2.17. The lowest BCUT2D eigenvalue weighted by Crippen LogP contribution is -1.96. The fraction of sp³-hybridized carbons (Fsp3) is 0.333. The molecule has 0 aliphatic heterocycles. The fourth-order valence-electron chi connectivity index (χ4n) is 0.356. The molecule has 0 rings (SSSR count). The summed E-state index contributed by atoms with van der Waals surface area (Å²) in [6, 6.07) is 1.69. The third kappa shape index (κ3) is 15.8. The molecule has 0 spiro atoms. The SMILES string of the molecule is C=CC#N.C=COC(=O)CCC. The van der Waals surface area contributed by atoms with Crippen LogP contribution in [0.5, 0.6) is 0 Å². The van der Waals surface area contributed by atoms with Gasteiger partial charge in [-0.25, -0.2) is 0 Å². The Morgan fingerprint density at radius 3 is 2.42 bits per heavy atom. The molecular formula is C9H13NO2. The van der Waals surface area contributed by atoms with Gasteiger partial charge in [0.15, 0.2) is 0 Å². The van der Waals surface area contributed by atoms with Gasteiger partial charge >= 0.3 is 5.97 Å². The molecule has 0 saturated heterocycles. The highest BCUT2D eigenvalue weighted by atomic mass is 16.5. The molecule has 0 aliphatic rings. The molecule has 0 saturated carbocycles. The number of nitrogens with zero attached hydrogens (tertiary/aromatic N) is 1. The fourth-order valence-corrected chi connectivity index (χ4v) is 0.356. The number of carbonyl (C=O) groups is 1. The van der Waals surface area contributed by atoms with Gasteiger partial charge in [0.1, 0.15) is 0 Å². The largest absolute Gasteiger partial charge is 0.435 e. The molecule has 0 heterocycles. The zero-order valence-electron chi connectivity index (χ0n) is 7.25. The third-order valence-corrected chi connectivity index (χ3v) is 0.760. The Kier molecular flexibility index (Phi) is 13.2. The number of ether oxygens (including phenoxy) is 1. The zero-order valence-corrected chi connectivity index (χ0v) is 7.25. The summed E-state index contributed by atoms with van der Waals surface area (Å²) in [5.41, 5.74) is 0. The molecule has 66 valence electrons. The van der Waals surface area contributed by atoms with Crippen molar-refractivity contribution in [1.29, 1.82) is 5.26 Å². The Balaban J connectivity index is 0. The van der Waals surface area contributed by atoms with Gasteiger partial charge in [0, 0.05) is 12.5 Å². The van der Waals surface area contributed by atoms with Crippen LogP contribution >= 0.6 is 0 Å². The first-order valence-corrected chi connectivity index (χ1v) is 3.53. The molecule has 0 amide bonds. The molecule has 0 aliphatic carbocycles. The van der Waals surface area contributed by atoms with Crippen LogP contribution in [0.2, 0.25) is 0 Å². The first kappa shape index (κ1) is 13.1. The maximum absolute atomic E-state index is 10.3. The standard InChI is InChI=1S/C6H10O2.C3H3N/c1-3-5-6(7)8-4-2;1-2-3-4/h4H,2-3,5H2,1H3;2H,1H2. The average molecular weight is 167 g/mol. The van der Waals surface area contributed by atoms with Crippen LogP contribution in [0.4, 0.5) is 0 Å². The maximum Gasteiger partial charge on any atom is 0.310 e. The predicted molar refractivity (Wildman–Crippen MR) is 47.0 cm³/mol. The van der Waals surface area contributed by atoms with Gasteiger partial charge in [-0.05, 0) is 6.42 Å². The monoisotopic (exact) mass is 167 g/mol. The van der Waals surface area contributed by atoms with Crippen LogP contribution in [-0.4, -0.2) is 5.97 Å². The Bertz CT molecular complexity index is 179. The van der Waals surface area contributed by atoms with Crippen molar-refractivity contribution in [1.82, 2.24) is 0 Å². The Hall–Kier alpha value is -1.56. The minimum Gasteiger partial charge on any atom is -0.435 e. The summed E-state index contributed by atoms with van der Waals surface area (Å²) in [6.07, 6.45) is 3.64. The summed E-state index contributed by atoms with van der Waals surface area (Å²) in [5.74, 6) is -0.206. The second-order valence-electron chi connectivity index (χ2n) is 1.74. The van der Waals surface area contributed by atoms with E-state index in [1.807, 2.05) is 6.92 Å². The average Bonchev–Trinajstić information content (AvgIpc) is 2.06. The molecular weight excluding hydrogens is 154 g/mol. The molecule has 0 aromatic carbocycles. The van der Waals surface area contributed by atoms with E-state index in [4.69, 9.17) is 5.26 Å². The van der Waals surface area contributed by atoms with Crippen molar-refractivity contribution in [2.45, 2.75) is 19.8 Å². The number of nitriles is 1. The number of hydrogen-bond donors (Lipinski definition) is 0. The third-order valence-electron chi connectivity index (χ3n) is 0.760. The topological polar surface area (TPSA) is 50.1 Å². The molecule has 0 N–H and O–H groups in total. The van der Waals surface area contributed by atoms with Gasteiger partial charge in [-0.1, -0.05) is 20.1 Å². The van der Waals surface area contributed by atoms with E-state index >= 15 is 0 Å². The highest BCUT2D eigenvalue weighted by Crippen LogP contribution is 1.89.